The van der Waals surface area contributed by atoms with Crippen molar-refractivity contribution >= 4 is 29.3 Å². The molecule has 0 saturated carbocycles. The number of amides is 1. The van der Waals surface area contributed by atoms with Crippen molar-refractivity contribution < 1.29 is 14.3 Å². The number of thiophene rings is 1. The van der Waals surface area contributed by atoms with E-state index in [1.807, 2.05) is 17.5 Å². The molecule has 1 rings (SSSR count). The fraction of sp³-hybridized carbons (Fsp3) is 0.273. The lowest BCUT2D eigenvalue weighted by Gasteiger charge is -2.00. The zero-order chi connectivity index (χ0) is 11.8. The molecule has 4 nitrogen and oxygen atoms in total. The number of nitrogens with one attached hydrogen (secondary N) is 1. The molecule has 1 N–H and O–H groups in total. The third kappa shape index (κ3) is 4.75. The summed E-state index contributed by atoms with van der Waals surface area (Å²) in [4.78, 5) is 23.0. The summed E-state index contributed by atoms with van der Waals surface area (Å²) in [5, 5.41) is 4.53. The fourth-order valence-electron chi connectivity index (χ4n) is 0.993. The van der Waals surface area contributed by atoms with Gasteiger partial charge in [0.15, 0.2) is 0 Å². The number of esters is 1. The van der Waals surface area contributed by atoms with Gasteiger partial charge in [-0.2, -0.15) is 0 Å². The Balaban J connectivity index is 2.23. The number of carbonyl (C=O) groups is 2. The summed E-state index contributed by atoms with van der Waals surface area (Å²) in [7, 11) is 1.32. The Morgan fingerprint density at radius 1 is 1.56 bits per heavy atom. The van der Waals surface area contributed by atoms with Crippen LogP contribution in [0, 0.1) is 0 Å². The Morgan fingerprint density at radius 3 is 3.00 bits per heavy atom. The van der Waals surface area contributed by atoms with Crippen molar-refractivity contribution in [3.05, 3.63) is 28.5 Å². The molecule has 16 heavy (non-hydrogen) atoms. The summed E-state index contributed by atoms with van der Waals surface area (Å²) in [6, 6.07) is 3.84. The maximum Gasteiger partial charge on any atom is 0.307 e. The number of rotatable bonds is 5. The lowest BCUT2D eigenvalue weighted by molar-refractivity contribution is -0.140. The molecule has 0 bridgehead atoms. The minimum atomic E-state index is -0.331. The van der Waals surface area contributed by atoms with Crippen LogP contribution in [-0.2, 0) is 14.3 Å². The van der Waals surface area contributed by atoms with Crippen LogP contribution >= 0.6 is 11.3 Å². The summed E-state index contributed by atoms with van der Waals surface area (Å²) in [5.41, 5.74) is 0. The highest BCUT2D eigenvalue weighted by Gasteiger charge is 2.00. The van der Waals surface area contributed by atoms with Crippen LogP contribution in [0.3, 0.4) is 0 Å². The third-order valence-corrected chi connectivity index (χ3v) is 2.64. The number of methoxy groups -OCH3 is 1. The summed E-state index contributed by atoms with van der Waals surface area (Å²) in [6.45, 7) is 0.292. The number of hydrogen-bond acceptors (Lipinski definition) is 4. The van der Waals surface area contributed by atoms with E-state index in [0.29, 0.717) is 6.54 Å². The molecule has 0 aliphatic carbocycles. The molecular weight excluding hydrogens is 226 g/mol. The maximum absolute atomic E-state index is 11.3. The first kappa shape index (κ1) is 12.4. The maximum atomic E-state index is 11.3. The molecule has 0 fully saturated rings. The zero-order valence-corrected chi connectivity index (χ0v) is 9.75. The minimum absolute atomic E-state index is 0.190. The van der Waals surface area contributed by atoms with Gasteiger partial charge in [-0.3, -0.25) is 9.59 Å². The molecule has 1 aromatic heterocycles. The SMILES string of the molecule is COC(=O)CCNC(=O)C=Cc1cccs1. The average Bonchev–Trinajstić information content (AvgIpc) is 2.79. The largest absolute Gasteiger partial charge is 0.469 e. The lowest BCUT2D eigenvalue weighted by atomic mass is 10.4. The molecule has 0 aromatic carbocycles. The Bertz CT molecular complexity index is 371. The van der Waals surface area contributed by atoms with E-state index in [1.54, 1.807) is 17.4 Å². The van der Waals surface area contributed by atoms with Crippen molar-refractivity contribution in [2.75, 3.05) is 13.7 Å². The molecule has 0 aliphatic heterocycles. The molecule has 0 atom stereocenters. The van der Waals surface area contributed by atoms with E-state index in [2.05, 4.69) is 10.1 Å². The summed E-state index contributed by atoms with van der Waals surface area (Å²) < 4.78 is 4.44. The first-order chi connectivity index (χ1) is 7.72. The Kier molecular flexibility index (Phi) is 5.28. The first-order valence-corrected chi connectivity index (χ1v) is 5.66. The Morgan fingerprint density at radius 2 is 2.38 bits per heavy atom. The normalized spacial score (nSPS) is 10.3. The highest BCUT2D eigenvalue weighted by atomic mass is 32.1. The number of ether oxygens (including phenoxy) is 1. The van der Waals surface area contributed by atoms with Gasteiger partial charge in [0.1, 0.15) is 0 Å². The molecule has 0 radical (unpaired) electrons. The predicted octanol–water partition coefficient (Wildman–Crippen LogP) is 1.44. The molecule has 5 heteroatoms. The molecule has 0 saturated heterocycles. The van der Waals surface area contributed by atoms with Gasteiger partial charge in [0.05, 0.1) is 13.5 Å². The van der Waals surface area contributed by atoms with E-state index in [1.165, 1.54) is 13.2 Å². The lowest BCUT2D eigenvalue weighted by Crippen LogP contribution is -2.24. The predicted molar refractivity (Wildman–Crippen MR) is 63.0 cm³/mol. The van der Waals surface area contributed by atoms with Crippen LogP contribution in [0.2, 0.25) is 0 Å². The second-order valence-electron chi connectivity index (χ2n) is 2.97. The highest BCUT2D eigenvalue weighted by molar-refractivity contribution is 7.10. The van der Waals surface area contributed by atoms with Crippen LogP contribution in [0.5, 0.6) is 0 Å². The molecule has 0 aliphatic rings. The summed E-state index contributed by atoms with van der Waals surface area (Å²) in [5.74, 6) is -0.542. The van der Waals surface area contributed by atoms with Crippen LogP contribution in [0.15, 0.2) is 23.6 Å². The van der Waals surface area contributed by atoms with Gasteiger partial charge in [-0.1, -0.05) is 6.07 Å². The van der Waals surface area contributed by atoms with Crippen molar-refractivity contribution in [1.29, 1.82) is 0 Å². The van der Waals surface area contributed by atoms with E-state index < -0.39 is 0 Å². The van der Waals surface area contributed by atoms with E-state index in [-0.39, 0.29) is 18.3 Å². The van der Waals surface area contributed by atoms with Gasteiger partial charge < -0.3 is 10.1 Å². The standard InChI is InChI=1S/C11H13NO3S/c1-15-11(14)6-7-12-10(13)5-4-9-3-2-8-16-9/h2-5,8H,6-7H2,1H3,(H,12,13). The van der Waals surface area contributed by atoms with Crippen LogP contribution in [0.1, 0.15) is 11.3 Å². The topological polar surface area (TPSA) is 55.4 Å². The Labute approximate surface area is 97.9 Å². The molecule has 1 amide bonds. The molecule has 86 valence electrons. The van der Waals surface area contributed by atoms with Gasteiger partial charge in [0.25, 0.3) is 0 Å². The zero-order valence-electron chi connectivity index (χ0n) is 8.93. The summed E-state index contributed by atoms with van der Waals surface area (Å²) >= 11 is 1.56. The van der Waals surface area contributed by atoms with Crippen LogP contribution in [-0.4, -0.2) is 25.5 Å². The van der Waals surface area contributed by atoms with Gasteiger partial charge in [-0.05, 0) is 17.5 Å². The van der Waals surface area contributed by atoms with Gasteiger partial charge >= 0.3 is 5.97 Å². The highest BCUT2D eigenvalue weighted by Crippen LogP contribution is 2.09. The summed E-state index contributed by atoms with van der Waals surface area (Å²) in [6.07, 6.45) is 3.37. The van der Waals surface area contributed by atoms with Crippen LogP contribution in [0.4, 0.5) is 0 Å². The Hall–Kier alpha value is -1.62. The van der Waals surface area contributed by atoms with Gasteiger partial charge in [0, 0.05) is 17.5 Å². The van der Waals surface area contributed by atoms with Crippen molar-refractivity contribution in [2.24, 2.45) is 0 Å². The molecular formula is C11H13NO3S. The second-order valence-corrected chi connectivity index (χ2v) is 3.95. The molecule has 0 spiro atoms. The molecule has 0 unspecified atom stereocenters. The smallest absolute Gasteiger partial charge is 0.307 e. The van der Waals surface area contributed by atoms with Crippen molar-refractivity contribution in [3.8, 4) is 0 Å². The van der Waals surface area contributed by atoms with Crippen molar-refractivity contribution in [2.45, 2.75) is 6.42 Å². The quantitative estimate of drug-likeness (QED) is 0.625. The number of carbonyl (C=O) groups excluding carboxylic acids is 2. The van der Waals surface area contributed by atoms with Gasteiger partial charge in [0.2, 0.25) is 5.91 Å². The monoisotopic (exact) mass is 239 g/mol. The van der Waals surface area contributed by atoms with E-state index in [9.17, 15) is 9.59 Å². The number of hydrogen-bond donors (Lipinski definition) is 1. The molecule has 1 heterocycles. The van der Waals surface area contributed by atoms with E-state index >= 15 is 0 Å². The van der Waals surface area contributed by atoms with Gasteiger partial charge in [-0.15, -0.1) is 11.3 Å². The first-order valence-electron chi connectivity index (χ1n) is 4.78. The van der Waals surface area contributed by atoms with Crippen LogP contribution < -0.4 is 5.32 Å². The minimum Gasteiger partial charge on any atom is -0.469 e. The molecule has 1 aromatic rings. The van der Waals surface area contributed by atoms with Crippen molar-refractivity contribution in [1.82, 2.24) is 5.32 Å². The van der Waals surface area contributed by atoms with E-state index in [4.69, 9.17) is 0 Å². The van der Waals surface area contributed by atoms with Crippen molar-refractivity contribution in [3.63, 3.8) is 0 Å². The van der Waals surface area contributed by atoms with Crippen LogP contribution in [0.25, 0.3) is 6.08 Å². The van der Waals surface area contributed by atoms with E-state index in [0.717, 1.165) is 4.88 Å². The third-order valence-electron chi connectivity index (χ3n) is 1.80. The fourth-order valence-corrected chi connectivity index (χ4v) is 1.61. The second kappa shape index (κ2) is 6.79. The van der Waals surface area contributed by atoms with Gasteiger partial charge in [-0.25, -0.2) is 0 Å². The average molecular weight is 239 g/mol.